The summed E-state index contributed by atoms with van der Waals surface area (Å²) in [6.07, 6.45) is 2.21. The summed E-state index contributed by atoms with van der Waals surface area (Å²) >= 11 is 5.96. The van der Waals surface area contributed by atoms with Gasteiger partial charge in [0.25, 0.3) is 0 Å². The molecule has 1 aromatic rings. The van der Waals surface area contributed by atoms with E-state index in [1.807, 2.05) is 13.0 Å². The Balaban J connectivity index is 3.04. The van der Waals surface area contributed by atoms with Gasteiger partial charge < -0.3 is 9.64 Å². The highest BCUT2D eigenvalue weighted by Gasteiger charge is 2.17. The van der Waals surface area contributed by atoms with Crippen LogP contribution in [0.15, 0.2) is 12.1 Å². The number of rotatable bonds is 8. The van der Waals surface area contributed by atoms with Crippen LogP contribution in [0.3, 0.4) is 0 Å². The van der Waals surface area contributed by atoms with Crippen molar-refractivity contribution in [2.24, 2.45) is 0 Å². The number of halogens is 1. The number of anilines is 1. The van der Waals surface area contributed by atoms with Gasteiger partial charge in [0.1, 0.15) is 5.82 Å². The first-order valence-corrected chi connectivity index (χ1v) is 7.48. The predicted molar refractivity (Wildman–Crippen MR) is 82.1 cm³/mol. The van der Waals surface area contributed by atoms with Gasteiger partial charge in [0.05, 0.1) is 6.61 Å². The first-order valence-electron chi connectivity index (χ1n) is 6.95. The minimum Gasteiger partial charge on any atom is -0.383 e. The van der Waals surface area contributed by atoms with Crippen molar-refractivity contribution in [3.05, 3.63) is 23.4 Å². The Bertz CT molecular complexity index is 380. The summed E-state index contributed by atoms with van der Waals surface area (Å²) in [6.45, 7) is 8.02. The van der Waals surface area contributed by atoms with E-state index in [4.69, 9.17) is 16.3 Å². The van der Waals surface area contributed by atoms with E-state index in [0.29, 0.717) is 18.5 Å². The van der Waals surface area contributed by atoms with Gasteiger partial charge in [-0.3, -0.25) is 0 Å². The van der Waals surface area contributed by atoms with Gasteiger partial charge in [0, 0.05) is 31.3 Å². The van der Waals surface area contributed by atoms with E-state index in [0.717, 1.165) is 36.5 Å². The molecule has 0 N–H and O–H groups in total. The van der Waals surface area contributed by atoms with Crippen LogP contribution in [-0.2, 0) is 10.6 Å². The number of hydrogen-bond acceptors (Lipinski definition) is 3. The summed E-state index contributed by atoms with van der Waals surface area (Å²) < 4.78 is 5.22. The summed E-state index contributed by atoms with van der Waals surface area (Å²) in [5, 5.41) is 0. The van der Waals surface area contributed by atoms with Crippen LogP contribution in [0.2, 0.25) is 0 Å². The zero-order valence-electron chi connectivity index (χ0n) is 12.4. The molecule has 0 saturated carbocycles. The quantitative estimate of drug-likeness (QED) is 0.680. The molecule has 0 unspecified atom stereocenters. The van der Waals surface area contributed by atoms with Gasteiger partial charge in [-0.2, -0.15) is 0 Å². The van der Waals surface area contributed by atoms with Gasteiger partial charge in [0.2, 0.25) is 0 Å². The number of aromatic nitrogens is 1. The van der Waals surface area contributed by atoms with Gasteiger partial charge in [-0.1, -0.05) is 13.8 Å². The monoisotopic (exact) mass is 284 g/mol. The first-order chi connectivity index (χ1) is 9.15. The molecule has 3 nitrogen and oxygen atoms in total. The summed E-state index contributed by atoms with van der Waals surface area (Å²) in [5.74, 6) is 1.54. The zero-order chi connectivity index (χ0) is 14.3. The Kier molecular flexibility index (Phi) is 7.17. The zero-order valence-corrected chi connectivity index (χ0v) is 13.2. The van der Waals surface area contributed by atoms with Crippen LogP contribution in [-0.4, -0.2) is 31.3 Å². The maximum absolute atomic E-state index is 5.96. The molecule has 1 rings (SSSR count). The minimum atomic E-state index is 0.493. The second kappa shape index (κ2) is 8.39. The van der Waals surface area contributed by atoms with Crippen LogP contribution in [0.4, 0.5) is 5.82 Å². The molecule has 0 saturated heterocycles. The van der Waals surface area contributed by atoms with Gasteiger partial charge in [-0.15, -0.1) is 11.6 Å². The van der Waals surface area contributed by atoms with Crippen LogP contribution in [0.25, 0.3) is 0 Å². The Morgan fingerprint density at radius 1 is 1.32 bits per heavy atom. The number of ether oxygens (including phenoxy) is 1. The molecule has 0 aliphatic carbocycles. The van der Waals surface area contributed by atoms with Gasteiger partial charge in [-0.25, -0.2) is 4.98 Å². The van der Waals surface area contributed by atoms with Crippen molar-refractivity contribution in [1.82, 2.24) is 4.98 Å². The molecular formula is C15H25ClN2O. The highest BCUT2D eigenvalue weighted by atomic mass is 35.5. The molecule has 0 fully saturated rings. The lowest BCUT2D eigenvalue weighted by Gasteiger charge is -2.32. The number of pyridine rings is 1. The molecule has 0 radical (unpaired) electrons. The molecule has 4 heteroatoms. The van der Waals surface area contributed by atoms with Crippen LogP contribution in [0.5, 0.6) is 0 Å². The van der Waals surface area contributed by atoms with E-state index in [-0.39, 0.29) is 0 Å². The molecule has 1 heterocycles. The van der Waals surface area contributed by atoms with E-state index in [1.165, 1.54) is 0 Å². The third-order valence-corrected chi connectivity index (χ3v) is 3.68. The Morgan fingerprint density at radius 2 is 2.00 bits per heavy atom. The standard InChI is InChI=1S/C15H25ClN2O/c1-5-14(6-2)18(7-8-19-4)15-10-13(11-16)9-12(3)17-15/h9-10,14H,5-8,11H2,1-4H3. The van der Waals surface area contributed by atoms with E-state index >= 15 is 0 Å². The molecule has 0 aliphatic heterocycles. The minimum absolute atomic E-state index is 0.493. The molecule has 0 spiro atoms. The fraction of sp³-hybridized carbons (Fsp3) is 0.667. The van der Waals surface area contributed by atoms with Crippen LogP contribution < -0.4 is 4.90 Å². The smallest absolute Gasteiger partial charge is 0.129 e. The summed E-state index contributed by atoms with van der Waals surface area (Å²) in [5.41, 5.74) is 2.14. The third-order valence-electron chi connectivity index (χ3n) is 3.37. The third kappa shape index (κ3) is 4.66. The number of nitrogens with zero attached hydrogens (tertiary/aromatic N) is 2. The van der Waals surface area contributed by atoms with Gasteiger partial charge in [-0.05, 0) is 37.5 Å². The normalized spacial score (nSPS) is 11.1. The summed E-state index contributed by atoms with van der Waals surface area (Å²) in [7, 11) is 1.74. The Morgan fingerprint density at radius 3 is 2.53 bits per heavy atom. The number of alkyl halides is 1. The number of methoxy groups -OCH3 is 1. The van der Waals surface area contributed by atoms with Crippen molar-refractivity contribution < 1.29 is 4.74 Å². The maximum Gasteiger partial charge on any atom is 0.129 e. The van der Waals surface area contributed by atoms with Crippen LogP contribution in [0, 0.1) is 6.92 Å². The summed E-state index contributed by atoms with van der Waals surface area (Å²) in [6, 6.07) is 4.62. The SMILES string of the molecule is CCC(CC)N(CCOC)c1cc(CCl)cc(C)n1. The maximum atomic E-state index is 5.96. The Hall–Kier alpha value is -0.800. The molecule has 0 aromatic carbocycles. The second-order valence-electron chi connectivity index (χ2n) is 4.77. The van der Waals surface area contributed by atoms with Crippen molar-refractivity contribution in [3.63, 3.8) is 0 Å². The van der Waals surface area contributed by atoms with Gasteiger partial charge >= 0.3 is 0 Å². The van der Waals surface area contributed by atoms with Gasteiger partial charge in [0.15, 0.2) is 0 Å². The fourth-order valence-corrected chi connectivity index (χ4v) is 2.50. The van der Waals surface area contributed by atoms with Crippen LogP contribution in [0.1, 0.15) is 37.9 Å². The van der Waals surface area contributed by atoms with Crippen molar-refractivity contribution in [2.75, 3.05) is 25.2 Å². The lowest BCUT2D eigenvalue weighted by atomic mass is 10.1. The molecule has 0 bridgehead atoms. The average Bonchev–Trinajstić information content (AvgIpc) is 2.42. The molecule has 108 valence electrons. The van der Waals surface area contributed by atoms with E-state index < -0.39 is 0 Å². The van der Waals surface area contributed by atoms with E-state index in [9.17, 15) is 0 Å². The molecular weight excluding hydrogens is 260 g/mol. The fourth-order valence-electron chi connectivity index (χ4n) is 2.35. The predicted octanol–water partition coefficient (Wildman–Crippen LogP) is 3.77. The second-order valence-corrected chi connectivity index (χ2v) is 5.03. The highest BCUT2D eigenvalue weighted by Crippen LogP contribution is 2.21. The molecule has 0 aliphatic rings. The first kappa shape index (κ1) is 16.3. The molecule has 19 heavy (non-hydrogen) atoms. The average molecular weight is 285 g/mol. The van der Waals surface area contributed by atoms with Crippen molar-refractivity contribution in [2.45, 2.75) is 45.5 Å². The van der Waals surface area contributed by atoms with Crippen molar-refractivity contribution in [1.29, 1.82) is 0 Å². The summed E-state index contributed by atoms with van der Waals surface area (Å²) in [4.78, 5) is 7.00. The lowest BCUT2D eigenvalue weighted by Crippen LogP contribution is -2.37. The molecule has 1 aromatic heterocycles. The largest absolute Gasteiger partial charge is 0.383 e. The number of aryl methyl sites for hydroxylation is 1. The number of hydrogen-bond donors (Lipinski definition) is 0. The topological polar surface area (TPSA) is 25.4 Å². The molecule has 0 atom stereocenters. The Labute approximate surface area is 121 Å². The van der Waals surface area contributed by atoms with Crippen molar-refractivity contribution in [3.8, 4) is 0 Å². The van der Waals surface area contributed by atoms with Crippen LogP contribution >= 0.6 is 11.6 Å². The van der Waals surface area contributed by atoms with Crippen molar-refractivity contribution >= 4 is 17.4 Å². The highest BCUT2D eigenvalue weighted by molar-refractivity contribution is 6.17. The van der Waals surface area contributed by atoms with E-state index in [2.05, 4.69) is 29.8 Å². The van der Waals surface area contributed by atoms with E-state index in [1.54, 1.807) is 7.11 Å². The lowest BCUT2D eigenvalue weighted by molar-refractivity contribution is 0.202. The molecule has 0 amide bonds.